The van der Waals surface area contributed by atoms with Gasteiger partial charge in [-0.15, -0.1) is 0 Å². The van der Waals surface area contributed by atoms with Crippen molar-refractivity contribution in [1.82, 2.24) is 0 Å². The largest absolute Gasteiger partial charge is 0.0887 e. The van der Waals surface area contributed by atoms with Gasteiger partial charge in [0.05, 0.1) is 0 Å². The second kappa shape index (κ2) is 12.8. The highest BCUT2D eigenvalue weighted by molar-refractivity contribution is 4.94. The Morgan fingerprint density at radius 2 is 1.19 bits per heavy atom. The number of hydrogen-bond donors (Lipinski definition) is 0. The second-order valence-corrected chi connectivity index (χ2v) is 5.07. The van der Waals surface area contributed by atoms with Gasteiger partial charge in [-0.05, 0) is 26.7 Å². The third-order valence-corrected chi connectivity index (χ3v) is 3.42. The van der Waals surface area contributed by atoms with Crippen molar-refractivity contribution in [3.63, 3.8) is 0 Å². The molecule has 0 aromatic heterocycles. The summed E-state index contributed by atoms with van der Waals surface area (Å²) in [5.74, 6) is 0. The topological polar surface area (TPSA) is 0 Å². The molecular weight excluding hydrogens is 192 g/mol. The van der Waals surface area contributed by atoms with Crippen LogP contribution in [0.2, 0.25) is 0 Å². The summed E-state index contributed by atoms with van der Waals surface area (Å²) < 4.78 is 0. The standard InChI is InChI=1S/C16H32/c1-4-6-7-8-9-10-11-12-13-14-15-16(3)5-2/h5H,4,6-15H2,1-3H3. The van der Waals surface area contributed by atoms with Crippen molar-refractivity contribution in [1.29, 1.82) is 0 Å². The fraction of sp³-hybridized carbons (Fsp3) is 0.875. The molecule has 0 fully saturated rings. The van der Waals surface area contributed by atoms with Crippen LogP contribution in [0.1, 0.15) is 91.4 Å². The smallest absolute Gasteiger partial charge is 0.0323 e. The molecule has 0 aliphatic carbocycles. The second-order valence-electron chi connectivity index (χ2n) is 5.07. The van der Waals surface area contributed by atoms with Gasteiger partial charge in [0.25, 0.3) is 0 Å². The quantitative estimate of drug-likeness (QED) is 0.287. The molecule has 0 N–H and O–H groups in total. The lowest BCUT2D eigenvalue weighted by molar-refractivity contribution is 0.556. The SMILES string of the molecule is CC=C(C)CCCCCCCCCCCC. The Labute approximate surface area is 104 Å². The summed E-state index contributed by atoms with van der Waals surface area (Å²) in [7, 11) is 0. The molecule has 0 nitrogen and oxygen atoms in total. The Morgan fingerprint density at radius 3 is 1.62 bits per heavy atom. The van der Waals surface area contributed by atoms with E-state index >= 15 is 0 Å². The zero-order valence-electron chi connectivity index (χ0n) is 11.9. The van der Waals surface area contributed by atoms with Crippen molar-refractivity contribution in [3.05, 3.63) is 11.6 Å². The van der Waals surface area contributed by atoms with Crippen LogP contribution >= 0.6 is 0 Å². The Kier molecular flexibility index (Phi) is 12.6. The molecule has 0 bridgehead atoms. The van der Waals surface area contributed by atoms with E-state index in [1.54, 1.807) is 5.57 Å². The predicted molar refractivity (Wildman–Crippen MR) is 75.9 cm³/mol. The Hall–Kier alpha value is -0.260. The molecule has 96 valence electrons. The fourth-order valence-corrected chi connectivity index (χ4v) is 2.04. The van der Waals surface area contributed by atoms with Gasteiger partial charge in [-0.1, -0.05) is 76.4 Å². The van der Waals surface area contributed by atoms with E-state index in [0.717, 1.165) is 0 Å². The van der Waals surface area contributed by atoms with E-state index in [0.29, 0.717) is 0 Å². The van der Waals surface area contributed by atoms with E-state index in [9.17, 15) is 0 Å². The van der Waals surface area contributed by atoms with Crippen molar-refractivity contribution in [3.8, 4) is 0 Å². The van der Waals surface area contributed by atoms with Gasteiger partial charge in [-0.25, -0.2) is 0 Å². The van der Waals surface area contributed by atoms with Crippen LogP contribution < -0.4 is 0 Å². The lowest BCUT2D eigenvalue weighted by Crippen LogP contribution is -1.82. The van der Waals surface area contributed by atoms with Crippen molar-refractivity contribution in [2.45, 2.75) is 91.4 Å². The van der Waals surface area contributed by atoms with Crippen molar-refractivity contribution >= 4 is 0 Å². The molecule has 0 radical (unpaired) electrons. The minimum atomic E-state index is 1.31. The van der Waals surface area contributed by atoms with E-state index in [1.807, 2.05) is 0 Å². The van der Waals surface area contributed by atoms with E-state index in [2.05, 4.69) is 26.8 Å². The Morgan fingerprint density at radius 1 is 0.750 bits per heavy atom. The maximum absolute atomic E-state index is 2.28. The zero-order valence-corrected chi connectivity index (χ0v) is 11.9. The van der Waals surface area contributed by atoms with Gasteiger partial charge >= 0.3 is 0 Å². The molecule has 0 atom stereocenters. The molecule has 0 saturated carbocycles. The van der Waals surface area contributed by atoms with Crippen LogP contribution in [0.25, 0.3) is 0 Å². The average Bonchev–Trinajstić information content (AvgIpc) is 2.31. The van der Waals surface area contributed by atoms with Gasteiger partial charge in [0, 0.05) is 0 Å². The van der Waals surface area contributed by atoms with E-state index in [1.165, 1.54) is 70.6 Å². The maximum atomic E-state index is 2.28. The molecule has 16 heavy (non-hydrogen) atoms. The van der Waals surface area contributed by atoms with Gasteiger partial charge in [-0.3, -0.25) is 0 Å². The first kappa shape index (κ1) is 15.7. The lowest BCUT2D eigenvalue weighted by atomic mass is 10.0. The van der Waals surface area contributed by atoms with Crippen LogP contribution in [0.15, 0.2) is 11.6 Å². The first-order valence-corrected chi connectivity index (χ1v) is 7.43. The molecule has 0 heterocycles. The minimum Gasteiger partial charge on any atom is -0.0887 e. The van der Waals surface area contributed by atoms with Crippen LogP contribution in [-0.4, -0.2) is 0 Å². The zero-order chi connectivity index (χ0) is 12.1. The van der Waals surface area contributed by atoms with E-state index in [4.69, 9.17) is 0 Å². The third kappa shape index (κ3) is 11.8. The van der Waals surface area contributed by atoms with Gasteiger partial charge in [-0.2, -0.15) is 0 Å². The van der Waals surface area contributed by atoms with Crippen LogP contribution in [0.3, 0.4) is 0 Å². The lowest BCUT2D eigenvalue weighted by Gasteiger charge is -2.02. The monoisotopic (exact) mass is 224 g/mol. The van der Waals surface area contributed by atoms with E-state index in [-0.39, 0.29) is 0 Å². The summed E-state index contributed by atoms with van der Waals surface area (Å²) >= 11 is 0. The molecule has 0 unspecified atom stereocenters. The molecule has 0 amide bonds. The number of allylic oxidation sites excluding steroid dienone is 2. The molecule has 0 aromatic carbocycles. The highest BCUT2D eigenvalue weighted by atomic mass is 14.0. The first-order valence-electron chi connectivity index (χ1n) is 7.43. The van der Waals surface area contributed by atoms with Crippen molar-refractivity contribution in [2.75, 3.05) is 0 Å². The summed E-state index contributed by atoms with van der Waals surface area (Å²) in [6, 6.07) is 0. The summed E-state index contributed by atoms with van der Waals surface area (Å²) in [5.41, 5.74) is 1.56. The molecule has 0 spiro atoms. The molecular formula is C16H32. The third-order valence-electron chi connectivity index (χ3n) is 3.42. The van der Waals surface area contributed by atoms with Crippen molar-refractivity contribution in [2.24, 2.45) is 0 Å². The molecule has 0 rings (SSSR count). The normalized spacial score (nSPS) is 12.1. The highest BCUT2D eigenvalue weighted by Crippen LogP contribution is 2.13. The van der Waals surface area contributed by atoms with Crippen LogP contribution in [-0.2, 0) is 0 Å². The number of rotatable bonds is 11. The summed E-state index contributed by atoms with van der Waals surface area (Å²) in [6.45, 7) is 6.67. The molecule has 0 aliphatic heterocycles. The summed E-state index contributed by atoms with van der Waals surface area (Å²) in [6.07, 6.45) is 17.9. The van der Waals surface area contributed by atoms with Gasteiger partial charge in [0.15, 0.2) is 0 Å². The minimum absolute atomic E-state index is 1.31. The van der Waals surface area contributed by atoms with Gasteiger partial charge in [0.2, 0.25) is 0 Å². The summed E-state index contributed by atoms with van der Waals surface area (Å²) in [5, 5.41) is 0. The van der Waals surface area contributed by atoms with Crippen LogP contribution in [0.5, 0.6) is 0 Å². The predicted octanol–water partition coefficient (Wildman–Crippen LogP) is 6.26. The van der Waals surface area contributed by atoms with Crippen LogP contribution in [0, 0.1) is 0 Å². The van der Waals surface area contributed by atoms with Gasteiger partial charge in [0.1, 0.15) is 0 Å². The van der Waals surface area contributed by atoms with Crippen LogP contribution in [0.4, 0.5) is 0 Å². The van der Waals surface area contributed by atoms with Gasteiger partial charge < -0.3 is 0 Å². The molecule has 0 heteroatoms. The molecule has 0 aromatic rings. The number of hydrogen-bond acceptors (Lipinski definition) is 0. The Balaban J connectivity index is 2.99. The van der Waals surface area contributed by atoms with Crippen molar-refractivity contribution < 1.29 is 0 Å². The Bertz CT molecular complexity index is 155. The number of unbranched alkanes of at least 4 members (excludes halogenated alkanes) is 9. The highest BCUT2D eigenvalue weighted by Gasteiger charge is 1.93. The molecule has 0 aliphatic rings. The fourth-order valence-electron chi connectivity index (χ4n) is 2.04. The van der Waals surface area contributed by atoms with E-state index < -0.39 is 0 Å². The maximum Gasteiger partial charge on any atom is -0.0323 e. The average molecular weight is 224 g/mol. The first-order chi connectivity index (χ1) is 7.81. The molecule has 0 saturated heterocycles. The summed E-state index contributed by atoms with van der Waals surface area (Å²) in [4.78, 5) is 0.